The number of amides is 1. The molecule has 1 amide bonds. The Hall–Kier alpha value is -1.62. The number of hydrogen-bond acceptors (Lipinski definition) is 4. The van der Waals surface area contributed by atoms with E-state index in [0.717, 1.165) is 25.3 Å². The molecule has 1 aliphatic rings. The van der Waals surface area contributed by atoms with Crippen molar-refractivity contribution in [1.29, 1.82) is 0 Å². The first-order valence-corrected chi connectivity index (χ1v) is 5.76. The minimum atomic E-state index is -0.0258. The lowest BCUT2D eigenvalue weighted by atomic mass is 10.2. The predicted octanol–water partition coefficient (Wildman–Crippen LogP) is 0.321. The normalized spacial score (nSPS) is 19.5. The van der Waals surface area contributed by atoms with Crippen molar-refractivity contribution >= 4 is 11.7 Å². The topological polar surface area (TPSA) is 62.5 Å². The lowest BCUT2D eigenvalue weighted by Crippen LogP contribution is -2.27. The molecule has 1 atom stereocenters. The molecular weight excluding hydrogens is 216 g/mol. The first-order valence-electron chi connectivity index (χ1n) is 5.76. The molecule has 1 aliphatic heterocycles. The highest BCUT2D eigenvalue weighted by Gasteiger charge is 2.20. The zero-order chi connectivity index (χ0) is 12.4. The van der Waals surface area contributed by atoms with Crippen molar-refractivity contribution in [1.82, 2.24) is 9.88 Å². The van der Waals surface area contributed by atoms with Crippen LogP contribution in [0, 0.1) is 0 Å². The number of nitrogens with two attached hydrogens (primary N) is 1. The average molecular weight is 234 g/mol. The van der Waals surface area contributed by atoms with Gasteiger partial charge in [0.15, 0.2) is 0 Å². The molecule has 0 radical (unpaired) electrons. The summed E-state index contributed by atoms with van der Waals surface area (Å²) in [6, 6.07) is 3.93. The molecule has 0 saturated carbocycles. The first-order chi connectivity index (χ1) is 8.08. The number of hydrogen-bond donors (Lipinski definition) is 1. The Kier molecular flexibility index (Phi) is 3.28. The van der Waals surface area contributed by atoms with Crippen LogP contribution < -0.4 is 10.6 Å². The van der Waals surface area contributed by atoms with E-state index < -0.39 is 0 Å². The van der Waals surface area contributed by atoms with Crippen LogP contribution in [0.1, 0.15) is 16.8 Å². The summed E-state index contributed by atoms with van der Waals surface area (Å²) < 4.78 is 0. The van der Waals surface area contributed by atoms with Crippen LogP contribution in [0.3, 0.4) is 0 Å². The van der Waals surface area contributed by atoms with E-state index in [1.807, 2.05) is 12.1 Å². The molecule has 5 nitrogen and oxygen atoms in total. The van der Waals surface area contributed by atoms with Gasteiger partial charge in [-0.3, -0.25) is 4.79 Å². The van der Waals surface area contributed by atoms with Crippen LogP contribution in [0.4, 0.5) is 5.82 Å². The second-order valence-corrected chi connectivity index (χ2v) is 4.60. The lowest BCUT2D eigenvalue weighted by molar-refractivity contribution is 0.0827. The minimum absolute atomic E-state index is 0.0258. The van der Waals surface area contributed by atoms with Crippen LogP contribution in [0.15, 0.2) is 18.3 Å². The Morgan fingerprint density at radius 3 is 2.76 bits per heavy atom. The lowest BCUT2D eigenvalue weighted by Gasteiger charge is -2.17. The maximum absolute atomic E-state index is 11.7. The molecule has 0 aromatic carbocycles. The molecular formula is C12H18N4O. The van der Waals surface area contributed by atoms with Gasteiger partial charge in [-0.2, -0.15) is 0 Å². The summed E-state index contributed by atoms with van der Waals surface area (Å²) >= 11 is 0. The van der Waals surface area contributed by atoms with E-state index in [1.165, 1.54) is 0 Å². The molecule has 1 saturated heterocycles. The summed E-state index contributed by atoms with van der Waals surface area (Å²) in [4.78, 5) is 19.7. The summed E-state index contributed by atoms with van der Waals surface area (Å²) in [6.45, 7) is 1.78. The van der Waals surface area contributed by atoms with E-state index in [9.17, 15) is 4.79 Å². The van der Waals surface area contributed by atoms with Crippen LogP contribution >= 0.6 is 0 Å². The fourth-order valence-electron chi connectivity index (χ4n) is 1.95. The molecule has 1 fully saturated rings. The van der Waals surface area contributed by atoms with E-state index in [1.54, 1.807) is 25.2 Å². The van der Waals surface area contributed by atoms with Gasteiger partial charge in [0.2, 0.25) is 0 Å². The molecule has 17 heavy (non-hydrogen) atoms. The molecule has 1 aromatic heterocycles. The highest BCUT2D eigenvalue weighted by molar-refractivity contribution is 5.93. The average Bonchev–Trinajstić information content (AvgIpc) is 2.75. The number of rotatable bonds is 2. The number of carbonyl (C=O) groups excluding carboxylic acids is 1. The van der Waals surface area contributed by atoms with Crippen molar-refractivity contribution in [3.63, 3.8) is 0 Å². The maximum Gasteiger partial charge on any atom is 0.254 e. The van der Waals surface area contributed by atoms with E-state index >= 15 is 0 Å². The molecule has 1 unspecified atom stereocenters. The standard InChI is InChI=1S/C12H18N4O/c1-15(2)12(17)9-3-4-11(14-7-9)16-6-5-10(13)8-16/h3-4,7,10H,5-6,8,13H2,1-2H3. The van der Waals surface area contributed by atoms with E-state index in [-0.39, 0.29) is 11.9 Å². The zero-order valence-corrected chi connectivity index (χ0v) is 10.3. The molecule has 2 N–H and O–H groups in total. The van der Waals surface area contributed by atoms with Gasteiger partial charge in [-0.15, -0.1) is 0 Å². The maximum atomic E-state index is 11.7. The van der Waals surface area contributed by atoms with Gasteiger partial charge in [0.25, 0.3) is 5.91 Å². The van der Waals surface area contributed by atoms with Crippen molar-refractivity contribution in [2.45, 2.75) is 12.5 Å². The Balaban J connectivity index is 2.10. The molecule has 0 bridgehead atoms. The number of aromatic nitrogens is 1. The van der Waals surface area contributed by atoms with Crippen LogP contribution in [0.5, 0.6) is 0 Å². The van der Waals surface area contributed by atoms with Gasteiger partial charge in [-0.05, 0) is 18.6 Å². The number of nitrogens with zero attached hydrogens (tertiary/aromatic N) is 3. The van der Waals surface area contributed by atoms with Crippen LogP contribution in [0.25, 0.3) is 0 Å². The molecule has 2 heterocycles. The second kappa shape index (κ2) is 4.71. The molecule has 2 rings (SSSR count). The summed E-state index contributed by atoms with van der Waals surface area (Å²) in [6.07, 6.45) is 2.63. The van der Waals surface area contributed by atoms with Crippen molar-refractivity contribution in [2.24, 2.45) is 5.73 Å². The van der Waals surface area contributed by atoms with Crippen LogP contribution in [-0.4, -0.2) is 49.0 Å². The molecule has 92 valence electrons. The SMILES string of the molecule is CN(C)C(=O)c1ccc(N2CCC(N)C2)nc1. The second-order valence-electron chi connectivity index (χ2n) is 4.60. The monoisotopic (exact) mass is 234 g/mol. The Morgan fingerprint density at radius 1 is 1.53 bits per heavy atom. The van der Waals surface area contributed by atoms with Crippen molar-refractivity contribution in [3.05, 3.63) is 23.9 Å². The fraction of sp³-hybridized carbons (Fsp3) is 0.500. The van der Waals surface area contributed by atoms with Gasteiger partial charge in [-0.25, -0.2) is 4.98 Å². The molecule has 5 heteroatoms. The number of anilines is 1. The summed E-state index contributed by atoms with van der Waals surface area (Å²) in [5.41, 5.74) is 6.46. The molecule has 0 spiro atoms. The van der Waals surface area contributed by atoms with Gasteiger partial charge < -0.3 is 15.5 Å². The summed E-state index contributed by atoms with van der Waals surface area (Å²) in [5, 5.41) is 0. The first kappa shape index (κ1) is 11.9. The van der Waals surface area contributed by atoms with Crippen LogP contribution in [-0.2, 0) is 0 Å². The van der Waals surface area contributed by atoms with Gasteiger partial charge in [0.05, 0.1) is 5.56 Å². The van der Waals surface area contributed by atoms with Crippen molar-refractivity contribution in [2.75, 3.05) is 32.1 Å². The molecule has 0 aliphatic carbocycles. The fourth-order valence-corrected chi connectivity index (χ4v) is 1.95. The third-order valence-corrected chi connectivity index (χ3v) is 2.95. The van der Waals surface area contributed by atoms with Crippen molar-refractivity contribution < 1.29 is 4.79 Å². The predicted molar refractivity (Wildman–Crippen MR) is 67.1 cm³/mol. The zero-order valence-electron chi connectivity index (χ0n) is 10.3. The Morgan fingerprint density at radius 2 is 2.29 bits per heavy atom. The molecule has 1 aromatic rings. The van der Waals surface area contributed by atoms with Crippen LogP contribution in [0.2, 0.25) is 0 Å². The van der Waals surface area contributed by atoms with Gasteiger partial charge >= 0.3 is 0 Å². The highest BCUT2D eigenvalue weighted by atomic mass is 16.2. The highest BCUT2D eigenvalue weighted by Crippen LogP contribution is 2.17. The van der Waals surface area contributed by atoms with Crippen molar-refractivity contribution in [3.8, 4) is 0 Å². The summed E-state index contributed by atoms with van der Waals surface area (Å²) in [7, 11) is 3.46. The van der Waals surface area contributed by atoms with E-state index in [4.69, 9.17) is 5.73 Å². The number of pyridine rings is 1. The smallest absolute Gasteiger partial charge is 0.254 e. The van der Waals surface area contributed by atoms with Gasteiger partial charge in [0, 0.05) is 39.4 Å². The largest absolute Gasteiger partial charge is 0.355 e. The minimum Gasteiger partial charge on any atom is -0.355 e. The quantitative estimate of drug-likeness (QED) is 0.800. The van der Waals surface area contributed by atoms with Gasteiger partial charge in [-0.1, -0.05) is 0 Å². The van der Waals surface area contributed by atoms with E-state index in [2.05, 4.69) is 9.88 Å². The Labute approximate surface area is 101 Å². The number of carbonyl (C=O) groups is 1. The van der Waals surface area contributed by atoms with E-state index in [0.29, 0.717) is 5.56 Å². The third-order valence-electron chi connectivity index (χ3n) is 2.95. The summed E-state index contributed by atoms with van der Waals surface area (Å²) in [5.74, 6) is 0.871. The van der Waals surface area contributed by atoms with Gasteiger partial charge in [0.1, 0.15) is 5.82 Å². The third kappa shape index (κ3) is 2.55. The Bertz CT molecular complexity index is 401.